The molecule has 0 aliphatic carbocycles. The van der Waals surface area contributed by atoms with Gasteiger partial charge in [0, 0.05) is 32.7 Å². The Morgan fingerprint density at radius 3 is 2.46 bits per heavy atom. The zero-order chi connectivity index (χ0) is 19.0. The Kier molecular flexibility index (Phi) is 8.46. The van der Waals surface area contributed by atoms with E-state index >= 15 is 0 Å². The van der Waals surface area contributed by atoms with E-state index in [0.29, 0.717) is 48.5 Å². The minimum atomic E-state index is -3.48. The van der Waals surface area contributed by atoms with Gasteiger partial charge < -0.3 is 15.0 Å². The van der Waals surface area contributed by atoms with E-state index in [9.17, 15) is 8.42 Å². The highest BCUT2D eigenvalue weighted by Gasteiger charge is 2.29. The zero-order valence-corrected chi connectivity index (χ0v) is 17.8. The molecule has 0 bridgehead atoms. The fourth-order valence-corrected chi connectivity index (χ4v) is 4.82. The third-order valence-corrected chi connectivity index (χ3v) is 7.11. The maximum atomic E-state index is 12.8. The molecule has 2 rings (SSSR count). The molecule has 1 aliphatic heterocycles. The first-order chi connectivity index (χ1) is 12.5. The predicted octanol–water partition coefficient (Wildman–Crippen LogP) is 2.02. The summed E-state index contributed by atoms with van der Waals surface area (Å²) in [6, 6.07) is 6.59. The number of ether oxygens (including phenoxy) is 1. The van der Waals surface area contributed by atoms with Crippen LogP contribution in [0.4, 0.5) is 0 Å². The maximum Gasteiger partial charge on any atom is 0.243 e. The van der Waals surface area contributed by atoms with Crippen LogP contribution in [0, 0.1) is 0 Å². The molecule has 146 valence electrons. The molecule has 1 heterocycles. The van der Waals surface area contributed by atoms with E-state index in [1.165, 1.54) is 4.31 Å². The van der Waals surface area contributed by atoms with Gasteiger partial charge in [-0.15, -0.1) is 0 Å². The molecule has 26 heavy (non-hydrogen) atoms. The number of benzene rings is 1. The van der Waals surface area contributed by atoms with Crippen LogP contribution in [-0.4, -0.2) is 74.1 Å². The van der Waals surface area contributed by atoms with Crippen molar-refractivity contribution < 1.29 is 13.2 Å². The highest BCUT2D eigenvalue weighted by Crippen LogP contribution is 2.21. The van der Waals surface area contributed by atoms with Gasteiger partial charge in [-0.2, -0.15) is 16.1 Å². The first kappa shape index (κ1) is 21.3. The van der Waals surface area contributed by atoms with Gasteiger partial charge in [0.2, 0.25) is 10.0 Å². The second kappa shape index (κ2) is 10.3. The summed E-state index contributed by atoms with van der Waals surface area (Å²) in [5, 5.41) is 3.97. The quantitative estimate of drug-likeness (QED) is 0.513. The minimum Gasteiger partial charge on any atom is -0.494 e. The fourth-order valence-electron chi connectivity index (χ4n) is 2.68. The van der Waals surface area contributed by atoms with Crippen molar-refractivity contribution in [2.75, 3.05) is 51.3 Å². The van der Waals surface area contributed by atoms with E-state index in [4.69, 9.17) is 17.0 Å². The van der Waals surface area contributed by atoms with E-state index in [1.54, 1.807) is 24.3 Å². The Bertz CT molecular complexity index is 672. The summed E-state index contributed by atoms with van der Waals surface area (Å²) < 4.78 is 32.5. The molecular weight excluding hydrogens is 390 g/mol. The molecule has 0 spiro atoms. The minimum absolute atomic E-state index is 0.298. The Morgan fingerprint density at radius 2 is 1.88 bits per heavy atom. The molecule has 6 nitrogen and oxygen atoms in total. The van der Waals surface area contributed by atoms with Crippen molar-refractivity contribution in [2.24, 2.45) is 0 Å². The maximum absolute atomic E-state index is 12.8. The molecule has 1 aromatic carbocycles. The fraction of sp³-hybridized carbons (Fsp3) is 0.588. The number of thioether (sulfide) groups is 1. The van der Waals surface area contributed by atoms with Crippen molar-refractivity contribution in [2.45, 2.75) is 18.2 Å². The smallest absolute Gasteiger partial charge is 0.243 e. The lowest BCUT2D eigenvalue weighted by molar-refractivity contribution is 0.264. The molecule has 0 saturated carbocycles. The molecule has 1 aliphatic rings. The third-order valence-electron chi connectivity index (χ3n) is 4.10. The molecule has 0 unspecified atom stereocenters. The van der Waals surface area contributed by atoms with Crippen LogP contribution in [0.2, 0.25) is 0 Å². The average molecular weight is 418 g/mol. The number of hydrogen-bond donors (Lipinski definition) is 1. The lowest BCUT2D eigenvalue weighted by atomic mass is 10.3. The number of hydrogen-bond acceptors (Lipinski definition) is 5. The largest absolute Gasteiger partial charge is 0.494 e. The molecule has 0 amide bonds. The lowest BCUT2D eigenvalue weighted by Gasteiger charge is -2.35. The number of sulfonamides is 1. The Balaban J connectivity index is 1.88. The summed E-state index contributed by atoms with van der Waals surface area (Å²) >= 11 is 7.23. The van der Waals surface area contributed by atoms with Gasteiger partial charge in [0.05, 0.1) is 11.5 Å². The number of nitrogens with zero attached hydrogens (tertiary/aromatic N) is 2. The molecule has 1 fully saturated rings. The van der Waals surface area contributed by atoms with Crippen molar-refractivity contribution in [3.05, 3.63) is 24.3 Å². The second-order valence-electron chi connectivity index (χ2n) is 5.87. The first-order valence-corrected chi connectivity index (χ1v) is 12.0. The molecule has 0 radical (unpaired) electrons. The molecular formula is C17H27N3O3S3. The topological polar surface area (TPSA) is 61.9 Å². The van der Waals surface area contributed by atoms with Gasteiger partial charge in [0.1, 0.15) is 5.75 Å². The first-order valence-electron chi connectivity index (χ1n) is 8.73. The SMILES string of the molecule is CCOc1ccc(S(=O)(=O)N2CCN(C(=S)NCCCSC)CC2)cc1. The molecule has 1 N–H and O–H groups in total. The van der Waals surface area contributed by atoms with Gasteiger partial charge in [-0.05, 0) is 61.8 Å². The summed E-state index contributed by atoms with van der Waals surface area (Å²) in [6.07, 6.45) is 3.15. The van der Waals surface area contributed by atoms with E-state index in [2.05, 4.69) is 11.6 Å². The normalized spacial score (nSPS) is 15.7. The number of thiocarbonyl (C=S) groups is 1. The van der Waals surface area contributed by atoms with E-state index < -0.39 is 10.0 Å². The van der Waals surface area contributed by atoms with Crippen LogP contribution >= 0.6 is 24.0 Å². The summed E-state index contributed by atoms with van der Waals surface area (Å²) in [7, 11) is -3.48. The summed E-state index contributed by atoms with van der Waals surface area (Å²) in [5.74, 6) is 1.78. The van der Waals surface area contributed by atoms with Crippen LogP contribution in [0.25, 0.3) is 0 Å². The van der Waals surface area contributed by atoms with Crippen LogP contribution in [0.15, 0.2) is 29.2 Å². The van der Waals surface area contributed by atoms with Gasteiger partial charge in [-0.25, -0.2) is 8.42 Å². The van der Waals surface area contributed by atoms with Gasteiger partial charge in [-0.1, -0.05) is 0 Å². The Morgan fingerprint density at radius 1 is 1.23 bits per heavy atom. The molecule has 1 aromatic rings. The second-order valence-corrected chi connectivity index (χ2v) is 9.18. The number of piperazine rings is 1. The summed E-state index contributed by atoms with van der Waals surface area (Å²) in [4.78, 5) is 2.34. The average Bonchev–Trinajstić information content (AvgIpc) is 2.66. The van der Waals surface area contributed by atoms with Crippen molar-refractivity contribution in [1.82, 2.24) is 14.5 Å². The highest BCUT2D eigenvalue weighted by atomic mass is 32.2. The van der Waals surface area contributed by atoms with Gasteiger partial charge in [0.15, 0.2) is 5.11 Å². The van der Waals surface area contributed by atoms with Gasteiger partial charge in [0.25, 0.3) is 0 Å². The van der Waals surface area contributed by atoms with Crippen molar-refractivity contribution in [3.8, 4) is 5.75 Å². The number of rotatable bonds is 8. The number of nitrogens with one attached hydrogen (secondary N) is 1. The zero-order valence-electron chi connectivity index (χ0n) is 15.3. The molecule has 0 aromatic heterocycles. The molecule has 1 saturated heterocycles. The Labute approximate surface area is 166 Å². The van der Waals surface area contributed by atoms with Crippen molar-refractivity contribution in [3.63, 3.8) is 0 Å². The molecule has 0 atom stereocenters. The van der Waals surface area contributed by atoms with Crippen LogP contribution in [0.3, 0.4) is 0 Å². The van der Waals surface area contributed by atoms with E-state index in [-0.39, 0.29) is 0 Å². The van der Waals surface area contributed by atoms with Crippen molar-refractivity contribution >= 4 is 39.1 Å². The van der Waals surface area contributed by atoms with E-state index in [0.717, 1.165) is 18.7 Å². The Hall–Kier alpha value is -1.03. The van der Waals surface area contributed by atoms with Crippen LogP contribution in [-0.2, 0) is 10.0 Å². The predicted molar refractivity (Wildman–Crippen MR) is 112 cm³/mol. The van der Waals surface area contributed by atoms with Crippen molar-refractivity contribution in [1.29, 1.82) is 0 Å². The standard InChI is InChI=1S/C17H27N3O3S3/c1-3-23-15-5-7-16(8-6-15)26(21,22)20-12-10-19(11-13-20)17(24)18-9-4-14-25-2/h5-8H,3-4,9-14H2,1-2H3,(H,18,24). The summed E-state index contributed by atoms with van der Waals surface area (Å²) in [6.45, 7) is 5.37. The highest BCUT2D eigenvalue weighted by molar-refractivity contribution is 7.98. The molecule has 9 heteroatoms. The van der Waals surface area contributed by atoms with Gasteiger partial charge in [-0.3, -0.25) is 0 Å². The summed E-state index contributed by atoms with van der Waals surface area (Å²) in [5.41, 5.74) is 0. The third kappa shape index (κ3) is 5.73. The van der Waals surface area contributed by atoms with Gasteiger partial charge >= 0.3 is 0 Å². The monoisotopic (exact) mass is 417 g/mol. The van der Waals surface area contributed by atoms with E-state index in [1.807, 2.05) is 23.6 Å². The van der Waals surface area contributed by atoms with Crippen LogP contribution in [0.5, 0.6) is 5.75 Å². The van der Waals surface area contributed by atoms with Crippen LogP contribution in [0.1, 0.15) is 13.3 Å². The lowest BCUT2D eigenvalue weighted by Crippen LogP contribution is -2.53. The van der Waals surface area contributed by atoms with Crippen LogP contribution < -0.4 is 10.1 Å².